The fraction of sp³-hybridized carbons (Fsp3) is 1.00. The molecule has 0 aromatic heterocycles. The first kappa shape index (κ1) is 14.4. The van der Waals surface area contributed by atoms with Gasteiger partial charge in [0.05, 0.1) is 0 Å². The molecule has 0 bridgehead atoms. The van der Waals surface area contributed by atoms with Crippen molar-refractivity contribution in [1.82, 2.24) is 10.6 Å². The Bertz CT molecular complexity index is 58.9. The summed E-state index contributed by atoms with van der Waals surface area (Å²) in [5.41, 5.74) is 0. The molecule has 76 valence electrons. The molecule has 0 amide bonds. The van der Waals surface area contributed by atoms with Gasteiger partial charge in [-0.2, -0.15) is 0 Å². The molecule has 2 heteroatoms. The van der Waals surface area contributed by atoms with Crippen LogP contribution in [0.15, 0.2) is 0 Å². The van der Waals surface area contributed by atoms with Gasteiger partial charge in [0.25, 0.3) is 0 Å². The largest absolute Gasteiger partial charge is 0.314 e. The van der Waals surface area contributed by atoms with Crippen molar-refractivity contribution in [2.45, 2.75) is 47.1 Å². The van der Waals surface area contributed by atoms with E-state index in [1.807, 2.05) is 27.7 Å². The van der Waals surface area contributed by atoms with Crippen LogP contribution in [0.5, 0.6) is 0 Å². The van der Waals surface area contributed by atoms with E-state index in [0.717, 1.165) is 25.7 Å². The molecule has 1 rings (SSSR count). The highest BCUT2D eigenvalue weighted by atomic mass is 15.0. The van der Waals surface area contributed by atoms with Crippen LogP contribution < -0.4 is 10.6 Å². The first-order valence-corrected chi connectivity index (χ1v) is 5.37. The minimum Gasteiger partial charge on any atom is -0.314 e. The second-order valence-electron chi connectivity index (χ2n) is 2.26. The van der Waals surface area contributed by atoms with Crippen molar-refractivity contribution in [2.75, 3.05) is 19.6 Å². The number of piperazine rings is 1. The van der Waals surface area contributed by atoms with Crippen molar-refractivity contribution in [3.8, 4) is 0 Å². The average molecular weight is 174 g/mol. The number of hydrogen-bond donors (Lipinski definition) is 2. The Balaban J connectivity index is 0. The molecule has 1 aliphatic heterocycles. The van der Waals surface area contributed by atoms with Gasteiger partial charge in [0.2, 0.25) is 0 Å². The van der Waals surface area contributed by atoms with Crippen molar-refractivity contribution in [2.24, 2.45) is 0 Å². The number of nitrogens with one attached hydrogen (secondary N) is 2. The zero-order valence-corrected chi connectivity index (χ0v) is 9.41. The lowest BCUT2D eigenvalue weighted by Gasteiger charge is -2.22. The van der Waals surface area contributed by atoms with Gasteiger partial charge in [-0.1, -0.05) is 34.6 Å². The zero-order chi connectivity index (χ0) is 9.82. The summed E-state index contributed by atoms with van der Waals surface area (Å²) >= 11 is 0. The highest BCUT2D eigenvalue weighted by Crippen LogP contribution is 1.90. The summed E-state index contributed by atoms with van der Waals surface area (Å²) in [5, 5.41) is 6.73. The fourth-order valence-electron chi connectivity index (χ4n) is 1.00. The van der Waals surface area contributed by atoms with Crippen LogP contribution in [0, 0.1) is 0 Å². The van der Waals surface area contributed by atoms with Gasteiger partial charge in [-0.15, -0.1) is 0 Å². The van der Waals surface area contributed by atoms with Crippen LogP contribution in [0.2, 0.25) is 0 Å². The average Bonchev–Trinajstić information content (AvgIpc) is 2.25. The molecule has 1 heterocycles. The van der Waals surface area contributed by atoms with E-state index in [1.165, 1.54) is 6.42 Å². The van der Waals surface area contributed by atoms with E-state index in [1.54, 1.807) is 0 Å². The summed E-state index contributed by atoms with van der Waals surface area (Å²) in [6, 6.07) is 0.726. The monoisotopic (exact) mass is 174 g/mol. The molecule has 1 aliphatic rings. The predicted octanol–water partition coefficient (Wildman–Crippen LogP) is 2.01. The van der Waals surface area contributed by atoms with E-state index in [9.17, 15) is 0 Å². The molecular weight excluding hydrogens is 148 g/mol. The first-order chi connectivity index (χ1) is 5.93. The topological polar surface area (TPSA) is 24.1 Å². The second kappa shape index (κ2) is 13.5. The first-order valence-electron chi connectivity index (χ1n) is 5.37. The van der Waals surface area contributed by atoms with Gasteiger partial charge in [0, 0.05) is 25.7 Å². The Labute approximate surface area is 78.1 Å². The molecule has 1 unspecified atom stereocenters. The summed E-state index contributed by atoms with van der Waals surface area (Å²) in [6.45, 7) is 13.6. The molecule has 0 saturated carbocycles. The summed E-state index contributed by atoms with van der Waals surface area (Å²) in [4.78, 5) is 0. The Morgan fingerprint density at radius 3 is 1.92 bits per heavy atom. The standard InChI is InChI=1S/C6H14N2.2C2H6/c1-2-6-5-7-3-4-8-6;2*1-2/h6-8H,2-5H2,1H3;2*1-2H3. The fourth-order valence-corrected chi connectivity index (χ4v) is 1.00. The summed E-state index contributed by atoms with van der Waals surface area (Å²) in [7, 11) is 0. The van der Waals surface area contributed by atoms with Crippen molar-refractivity contribution in [3.63, 3.8) is 0 Å². The summed E-state index contributed by atoms with van der Waals surface area (Å²) in [6.07, 6.45) is 1.24. The van der Waals surface area contributed by atoms with Crippen molar-refractivity contribution < 1.29 is 0 Å². The van der Waals surface area contributed by atoms with Gasteiger partial charge in [-0.05, 0) is 6.42 Å². The van der Waals surface area contributed by atoms with Crippen molar-refractivity contribution in [1.29, 1.82) is 0 Å². The number of hydrogen-bond acceptors (Lipinski definition) is 2. The Kier molecular flexibility index (Phi) is 16.3. The van der Waals surface area contributed by atoms with Crippen LogP contribution >= 0.6 is 0 Å². The molecule has 2 N–H and O–H groups in total. The predicted molar refractivity (Wildman–Crippen MR) is 57.6 cm³/mol. The lowest BCUT2D eigenvalue weighted by molar-refractivity contribution is 0.410. The van der Waals surface area contributed by atoms with Gasteiger partial charge in [0.1, 0.15) is 0 Å². The Hall–Kier alpha value is -0.0800. The van der Waals surface area contributed by atoms with Gasteiger partial charge in [-0.25, -0.2) is 0 Å². The molecule has 12 heavy (non-hydrogen) atoms. The van der Waals surface area contributed by atoms with Crippen LogP contribution in [0.3, 0.4) is 0 Å². The highest BCUT2D eigenvalue weighted by Gasteiger charge is 2.07. The minimum atomic E-state index is 0.726. The van der Waals surface area contributed by atoms with Crippen LogP contribution in [-0.4, -0.2) is 25.7 Å². The molecule has 1 fully saturated rings. The van der Waals surface area contributed by atoms with E-state index in [0.29, 0.717) is 0 Å². The third-order valence-corrected chi connectivity index (χ3v) is 1.62. The van der Waals surface area contributed by atoms with E-state index in [-0.39, 0.29) is 0 Å². The smallest absolute Gasteiger partial charge is 0.0190 e. The maximum Gasteiger partial charge on any atom is 0.0190 e. The summed E-state index contributed by atoms with van der Waals surface area (Å²) in [5.74, 6) is 0. The molecule has 1 saturated heterocycles. The molecule has 0 spiro atoms. The van der Waals surface area contributed by atoms with Gasteiger partial charge in [-0.3, -0.25) is 0 Å². The van der Waals surface area contributed by atoms with Gasteiger partial charge in [0.15, 0.2) is 0 Å². The SMILES string of the molecule is CC.CC.CCC1CNCCN1. The Morgan fingerprint density at radius 2 is 1.67 bits per heavy atom. The minimum absolute atomic E-state index is 0.726. The van der Waals surface area contributed by atoms with E-state index >= 15 is 0 Å². The lowest BCUT2D eigenvalue weighted by atomic mass is 10.2. The van der Waals surface area contributed by atoms with E-state index < -0.39 is 0 Å². The van der Waals surface area contributed by atoms with Crippen LogP contribution in [0.1, 0.15) is 41.0 Å². The van der Waals surface area contributed by atoms with Gasteiger partial charge >= 0.3 is 0 Å². The molecule has 0 aromatic rings. The summed E-state index contributed by atoms with van der Waals surface area (Å²) < 4.78 is 0. The van der Waals surface area contributed by atoms with Crippen LogP contribution in [0.25, 0.3) is 0 Å². The highest BCUT2D eigenvalue weighted by molar-refractivity contribution is 4.72. The molecule has 0 radical (unpaired) electrons. The van der Waals surface area contributed by atoms with Crippen LogP contribution in [-0.2, 0) is 0 Å². The molecule has 0 aliphatic carbocycles. The number of rotatable bonds is 1. The maximum absolute atomic E-state index is 3.41. The zero-order valence-electron chi connectivity index (χ0n) is 9.41. The van der Waals surface area contributed by atoms with E-state index in [4.69, 9.17) is 0 Å². The molecule has 1 atom stereocenters. The lowest BCUT2D eigenvalue weighted by Crippen LogP contribution is -2.47. The van der Waals surface area contributed by atoms with Gasteiger partial charge < -0.3 is 10.6 Å². The normalized spacial score (nSPS) is 21.2. The molecule has 0 aromatic carbocycles. The molecule has 2 nitrogen and oxygen atoms in total. The Morgan fingerprint density at radius 1 is 1.08 bits per heavy atom. The van der Waals surface area contributed by atoms with Crippen molar-refractivity contribution >= 4 is 0 Å². The molecular formula is C10H26N2. The quantitative estimate of drug-likeness (QED) is 0.635. The van der Waals surface area contributed by atoms with Crippen LogP contribution in [0.4, 0.5) is 0 Å². The third kappa shape index (κ3) is 8.02. The third-order valence-electron chi connectivity index (χ3n) is 1.62. The van der Waals surface area contributed by atoms with E-state index in [2.05, 4.69) is 17.6 Å². The maximum atomic E-state index is 3.41. The second-order valence-corrected chi connectivity index (χ2v) is 2.26. The van der Waals surface area contributed by atoms with Crippen molar-refractivity contribution in [3.05, 3.63) is 0 Å².